The van der Waals surface area contributed by atoms with E-state index in [1.807, 2.05) is 0 Å². The van der Waals surface area contributed by atoms with Gasteiger partial charge in [-0.1, -0.05) is 5.16 Å². The predicted octanol–water partition coefficient (Wildman–Crippen LogP) is 4.68. The summed E-state index contributed by atoms with van der Waals surface area (Å²) in [4.78, 5) is 5.41. The molecule has 12 heteroatoms. The van der Waals surface area contributed by atoms with E-state index < -0.39 is 22.1 Å². The van der Waals surface area contributed by atoms with Gasteiger partial charge in [0.1, 0.15) is 10.6 Å². The number of thiophene rings is 1. The summed E-state index contributed by atoms with van der Waals surface area (Å²) in [5.74, 6) is 0.717. The molecule has 0 amide bonds. The highest BCUT2D eigenvalue weighted by atomic mass is 32.2. The second-order valence-electron chi connectivity index (χ2n) is 6.44. The molecule has 1 fully saturated rings. The first-order valence-corrected chi connectivity index (χ1v) is 10.7. The van der Waals surface area contributed by atoms with Crippen LogP contribution >= 0.6 is 11.3 Å². The van der Waals surface area contributed by atoms with Crippen molar-refractivity contribution in [3.8, 4) is 16.5 Å². The van der Waals surface area contributed by atoms with E-state index in [2.05, 4.69) is 19.6 Å². The zero-order valence-corrected chi connectivity index (χ0v) is 16.5. The first-order valence-electron chi connectivity index (χ1n) is 8.44. The normalized spacial score (nSPS) is 14.8. The van der Waals surface area contributed by atoms with E-state index in [4.69, 9.17) is 4.52 Å². The topological polar surface area (TPSA) is 94.3 Å². The number of halogens is 3. The van der Waals surface area contributed by atoms with Crippen LogP contribution in [0.2, 0.25) is 0 Å². The third-order valence-electron chi connectivity index (χ3n) is 4.09. The van der Waals surface area contributed by atoms with Crippen LogP contribution in [0.4, 0.5) is 18.9 Å². The van der Waals surface area contributed by atoms with Crippen LogP contribution in [0.25, 0.3) is 10.7 Å². The zero-order chi connectivity index (χ0) is 20.8. The van der Waals surface area contributed by atoms with E-state index in [9.17, 15) is 21.6 Å². The molecule has 4 rings (SSSR count). The van der Waals surface area contributed by atoms with E-state index in [1.165, 1.54) is 29.5 Å². The number of nitrogens with one attached hydrogen (secondary N) is 1. The average molecular weight is 445 g/mol. The molecule has 3 aromatic rings. The molecule has 1 N–H and O–H groups in total. The Morgan fingerprint density at radius 2 is 1.93 bits per heavy atom. The Kier molecular flexibility index (Phi) is 4.77. The quantitative estimate of drug-likeness (QED) is 0.592. The van der Waals surface area contributed by atoms with E-state index in [0.29, 0.717) is 21.5 Å². The molecule has 1 aromatic carbocycles. The number of aryl methyl sites for hydroxylation is 1. The molecule has 2 aromatic heterocycles. The van der Waals surface area contributed by atoms with Gasteiger partial charge in [0.2, 0.25) is 11.7 Å². The van der Waals surface area contributed by atoms with Crippen molar-refractivity contribution in [2.24, 2.45) is 0 Å². The Morgan fingerprint density at radius 3 is 2.55 bits per heavy atom. The second-order valence-corrected chi connectivity index (χ2v) is 9.35. The largest absolute Gasteiger partial charge is 0.573 e. The lowest BCUT2D eigenvalue weighted by Crippen LogP contribution is -2.17. The van der Waals surface area contributed by atoms with Crippen molar-refractivity contribution in [2.75, 3.05) is 4.72 Å². The standard InChI is InChI=1S/C17H14F3N3O4S2/c1-9-14(8-13(28-9)15-21-16(27-22-15)10-2-3-10)29(24,25)23-11-4-6-12(7-5-11)26-17(18,19)20/h4-8,10,23H,2-3H2,1H3. The predicted molar refractivity (Wildman–Crippen MR) is 98.3 cm³/mol. The molecule has 0 spiro atoms. The third-order valence-corrected chi connectivity index (χ3v) is 6.77. The number of alkyl halides is 3. The van der Waals surface area contributed by atoms with Crippen molar-refractivity contribution in [1.29, 1.82) is 0 Å². The fourth-order valence-electron chi connectivity index (χ4n) is 2.61. The number of benzene rings is 1. The maximum Gasteiger partial charge on any atom is 0.573 e. The summed E-state index contributed by atoms with van der Waals surface area (Å²) in [6.07, 6.45) is -2.82. The minimum Gasteiger partial charge on any atom is -0.406 e. The summed E-state index contributed by atoms with van der Waals surface area (Å²) >= 11 is 1.21. The summed E-state index contributed by atoms with van der Waals surface area (Å²) in [7, 11) is -3.97. The summed E-state index contributed by atoms with van der Waals surface area (Å²) in [5, 5.41) is 3.91. The van der Waals surface area contributed by atoms with Gasteiger partial charge in [0.15, 0.2) is 0 Å². The van der Waals surface area contributed by atoms with Gasteiger partial charge < -0.3 is 9.26 Å². The molecule has 154 valence electrons. The molecule has 0 saturated heterocycles. The van der Waals surface area contributed by atoms with Crippen LogP contribution in [0, 0.1) is 6.92 Å². The molecule has 1 aliphatic rings. The molecule has 1 saturated carbocycles. The smallest absolute Gasteiger partial charge is 0.406 e. The van der Waals surface area contributed by atoms with Gasteiger partial charge in [-0.25, -0.2) is 8.42 Å². The van der Waals surface area contributed by atoms with Gasteiger partial charge in [0, 0.05) is 16.5 Å². The maximum atomic E-state index is 12.7. The summed E-state index contributed by atoms with van der Waals surface area (Å²) in [6.45, 7) is 1.64. The van der Waals surface area contributed by atoms with Gasteiger partial charge in [0.25, 0.3) is 10.0 Å². The number of anilines is 1. The van der Waals surface area contributed by atoms with Crippen LogP contribution in [0.15, 0.2) is 39.8 Å². The Labute approximate surface area is 167 Å². The molecule has 0 radical (unpaired) electrons. The van der Waals surface area contributed by atoms with Gasteiger partial charge in [0.05, 0.1) is 4.88 Å². The maximum absolute atomic E-state index is 12.7. The van der Waals surface area contributed by atoms with Crippen LogP contribution in [-0.2, 0) is 10.0 Å². The molecule has 0 atom stereocenters. The molecule has 7 nitrogen and oxygen atoms in total. The number of aromatic nitrogens is 2. The summed E-state index contributed by atoms with van der Waals surface area (Å²) < 4.78 is 73.4. The highest BCUT2D eigenvalue weighted by Gasteiger charge is 2.32. The van der Waals surface area contributed by atoms with E-state index >= 15 is 0 Å². The number of hydrogen-bond acceptors (Lipinski definition) is 7. The first-order chi connectivity index (χ1) is 13.6. The van der Waals surface area contributed by atoms with E-state index in [-0.39, 0.29) is 16.5 Å². The molecular weight excluding hydrogens is 431 g/mol. The highest BCUT2D eigenvalue weighted by molar-refractivity contribution is 7.93. The average Bonchev–Trinajstić information content (AvgIpc) is 3.20. The van der Waals surface area contributed by atoms with E-state index in [1.54, 1.807) is 6.92 Å². The fourth-order valence-corrected chi connectivity index (χ4v) is 5.19. The van der Waals surface area contributed by atoms with E-state index in [0.717, 1.165) is 25.0 Å². The molecule has 0 bridgehead atoms. The highest BCUT2D eigenvalue weighted by Crippen LogP contribution is 2.40. The lowest BCUT2D eigenvalue weighted by atomic mass is 10.3. The number of hydrogen-bond donors (Lipinski definition) is 1. The van der Waals surface area contributed by atoms with Gasteiger partial charge in [-0.15, -0.1) is 24.5 Å². The zero-order valence-electron chi connectivity index (χ0n) is 14.9. The van der Waals surface area contributed by atoms with Crippen LogP contribution in [0.5, 0.6) is 5.75 Å². The van der Waals surface area contributed by atoms with Crippen LogP contribution < -0.4 is 9.46 Å². The minimum atomic E-state index is -4.82. The van der Waals surface area contributed by atoms with Crippen molar-refractivity contribution >= 4 is 27.0 Å². The number of ether oxygens (including phenoxy) is 1. The van der Waals surface area contributed by atoms with Crippen molar-refractivity contribution in [1.82, 2.24) is 10.1 Å². The van der Waals surface area contributed by atoms with Crippen molar-refractivity contribution in [2.45, 2.75) is 36.9 Å². The number of nitrogens with zero attached hydrogens (tertiary/aromatic N) is 2. The van der Waals surface area contributed by atoms with Crippen molar-refractivity contribution in [3.05, 3.63) is 41.1 Å². The SMILES string of the molecule is Cc1sc(-c2noc(C3CC3)n2)cc1S(=O)(=O)Nc1ccc(OC(F)(F)F)cc1. The van der Waals surface area contributed by atoms with Crippen LogP contribution in [0.1, 0.15) is 29.5 Å². The van der Waals surface area contributed by atoms with Gasteiger partial charge >= 0.3 is 6.36 Å². The molecule has 1 aliphatic carbocycles. The molecular formula is C17H14F3N3O4S2. The summed E-state index contributed by atoms with van der Waals surface area (Å²) in [5.41, 5.74) is 0.0993. The Balaban J connectivity index is 1.53. The Morgan fingerprint density at radius 1 is 1.24 bits per heavy atom. The first kappa shape index (κ1) is 19.7. The molecule has 29 heavy (non-hydrogen) atoms. The van der Waals surface area contributed by atoms with Crippen LogP contribution in [0.3, 0.4) is 0 Å². The fraction of sp³-hybridized carbons (Fsp3) is 0.294. The van der Waals surface area contributed by atoms with Crippen molar-refractivity contribution in [3.63, 3.8) is 0 Å². The second kappa shape index (κ2) is 7.02. The lowest BCUT2D eigenvalue weighted by molar-refractivity contribution is -0.274. The van der Waals surface area contributed by atoms with Gasteiger partial charge in [-0.05, 0) is 50.1 Å². The summed E-state index contributed by atoms with van der Waals surface area (Å²) in [6, 6.07) is 5.86. The minimum absolute atomic E-state index is 0.0332. The van der Waals surface area contributed by atoms with Crippen LogP contribution in [-0.4, -0.2) is 24.9 Å². The number of rotatable bonds is 6. The lowest BCUT2D eigenvalue weighted by Gasteiger charge is -2.10. The molecule has 2 heterocycles. The molecule has 0 unspecified atom stereocenters. The number of sulfonamides is 1. The molecule has 0 aliphatic heterocycles. The third kappa shape index (κ3) is 4.53. The Hall–Kier alpha value is -2.60. The van der Waals surface area contributed by atoms with Gasteiger partial charge in [-0.2, -0.15) is 4.98 Å². The van der Waals surface area contributed by atoms with Gasteiger partial charge in [-0.3, -0.25) is 4.72 Å². The Bertz CT molecular complexity index is 1130. The van der Waals surface area contributed by atoms with Crippen molar-refractivity contribution < 1.29 is 30.8 Å². The monoisotopic (exact) mass is 445 g/mol.